The van der Waals surface area contributed by atoms with E-state index in [0.717, 1.165) is 37.3 Å². The summed E-state index contributed by atoms with van der Waals surface area (Å²) >= 11 is 0. The molecule has 2 aromatic rings. The van der Waals surface area contributed by atoms with Crippen molar-refractivity contribution in [3.8, 4) is 0 Å². The lowest BCUT2D eigenvalue weighted by atomic mass is 9.83. The summed E-state index contributed by atoms with van der Waals surface area (Å²) in [6.45, 7) is 4.33. The molecule has 158 valence electrons. The molecule has 8 nitrogen and oxygen atoms in total. The number of nitrogens with two attached hydrogens (primary N) is 1. The molecule has 0 radical (unpaired) electrons. The Morgan fingerprint density at radius 3 is 2.87 bits per heavy atom. The summed E-state index contributed by atoms with van der Waals surface area (Å²) in [5, 5.41) is 0. The van der Waals surface area contributed by atoms with Crippen molar-refractivity contribution in [1.82, 2.24) is 19.4 Å². The van der Waals surface area contributed by atoms with Gasteiger partial charge in [-0.25, -0.2) is 9.97 Å². The van der Waals surface area contributed by atoms with Crippen molar-refractivity contribution in [2.45, 2.75) is 44.0 Å². The van der Waals surface area contributed by atoms with Crippen LogP contribution in [0.15, 0.2) is 23.3 Å². The van der Waals surface area contributed by atoms with Gasteiger partial charge in [-0.15, -0.1) is 0 Å². The van der Waals surface area contributed by atoms with E-state index in [-0.39, 0.29) is 29.0 Å². The molecule has 6 heterocycles. The van der Waals surface area contributed by atoms with Crippen LogP contribution in [0.1, 0.15) is 30.0 Å². The first-order chi connectivity index (χ1) is 14.6. The maximum absolute atomic E-state index is 14.5. The van der Waals surface area contributed by atoms with Crippen molar-refractivity contribution in [1.29, 1.82) is 0 Å². The normalized spacial score (nSPS) is 30.0. The molecule has 4 atom stereocenters. The zero-order valence-corrected chi connectivity index (χ0v) is 16.7. The molecule has 0 aromatic carbocycles. The van der Waals surface area contributed by atoms with Crippen LogP contribution in [0.25, 0.3) is 0 Å². The highest BCUT2D eigenvalue weighted by Crippen LogP contribution is 2.37. The van der Waals surface area contributed by atoms with Gasteiger partial charge >= 0.3 is 0 Å². The van der Waals surface area contributed by atoms with E-state index in [2.05, 4.69) is 20.9 Å². The van der Waals surface area contributed by atoms with Crippen LogP contribution in [0.4, 0.5) is 16.0 Å². The molecule has 0 aliphatic carbocycles. The Hall–Kier alpha value is -2.52. The van der Waals surface area contributed by atoms with Crippen molar-refractivity contribution in [3.63, 3.8) is 0 Å². The first-order valence-corrected chi connectivity index (χ1v) is 10.7. The fraction of sp³-hybridized carbons (Fsp3) is 0.571. The molecule has 0 amide bonds. The van der Waals surface area contributed by atoms with Gasteiger partial charge in [-0.3, -0.25) is 9.69 Å². The molecule has 9 heteroatoms. The first-order valence-electron chi connectivity index (χ1n) is 10.7. The summed E-state index contributed by atoms with van der Waals surface area (Å²) in [6, 6.07) is 4.53. The average molecular weight is 412 g/mol. The van der Waals surface area contributed by atoms with Gasteiger partial charge in [0.2, 0.25) is 5.82 Å². The summed E-state index contributed by atoms with van der Waals surface area (Å²) in [5.74, 6) is 0.0186. The summed E-state index contributed by atoms with van der Waals surface area (Å²) in [5.41, 5.74) is 7.66. The minimum atomic E-state index is -0.561. The van der Waals surface area contributed by atoms with Gasteiger partial charge in [0.05, 0.1) is 12.7 Å². The van der Waals surface area contributed by atoms with Gasteiger partial charge in [0.15, 0.2) is 11.6 Å². The molecule has 6 rings (SSSR count). The van der Waals surface area contributed by atoms with Crippen LogP contribution in [-0.4, -0.2) is 57.8 Å². The predicted octanol–water partition coefficient (Wildman–Crippen LogP) is 0.956. The van der Waals surface area contributed by atoms with E-state index >= 15 is 0 Å². The largest absolute Gasteiger partial charge is 0.381 e. The number of ether oxygens (including phenoxy) is 1. The third-order valence-electron chi connectivity index (χ3n) is 7.17. The van der Waals surface area contributed by atoms with Gasteiger partial charge in [-0.1, -0.05) is 6.07 Å². The van der Waals surface area contributed by atoms with Crippen molar-refractivity contribution in [2.24, 2.45) is 5.92 Å². The van der Waals surface area contributed by atoms with Crippen LogP contribution in [0.5, 0.6) is 0 Å². The van der Waals surface area contributed by atoms with Crippen LogP contribution in [-0.2, 0) is 17.8 Å². The molecule has 2 aromatic heterocycles. The quantitative estimate of drug-likeness (QED) is 0.803. The lowest BCUT2D eigenvalue weighted by Gasteiger charge is -2.43. The summed E-state index contributed by atoms with van der Waals surface area (Å²) in [6.07, 6.45) is 3.72. The van der Waals surface area contributed by atoms with Crippen LogP contribution in [0.2, 0.25) is 0 Å². The second-order valence-electron chi connectivity index (χ2n) is 9.07. The number of aromatic nitrogens is 3. The van der Waals surface area contributed by atoms with E-state index in [9.17, 15) is 9.18 Å². The number of pyridine rings is 1. The molecular formula is C21H25FN6O2. The van der Waals surface area contributed by atoms with Gasteiger partial charge < -0.3 is 19.9 Å². The van der Waals surface area contributed by atoms with Crippen LogP contribution >= 0.6 is 0 Å². The second kappa shape index (κ2) is 6.75. The maximum Gasteiger partial charge on any atom is 0.255 e. The van der Waals surface area contributed by atoms with Crippen molar-refractivity contribution >= 4 is 11.6 Å². The zero-order valence-electron chi connectivity index (χ0n) is 16.7. The Labute approximate surface area is 173 Å². The van der Waals surface area contributed by atoms with Gasteiger partial charge in [0.1, 0.15) is 6.33 Å². The maximum atomic E-state index is 14.5. The van der Waals surface area contributed by atoms with E-state index in [4.69, 9.17) is 10.5 Å². The molecule has 4 aliphatic heterocycles. The Balaban J connectivity index is 1.27. The number of hydrogen-bond acceptors (Lipinski definition) is 7. The van der Waals surface area contributed by atoms with E-state index in [1.807, 2.05) is 15.5 Å². The Bertz CT molecular complexity index is 1060. The fourth-order valence-corrected chi connectivity index (χ4v) is 5.77. The van der Waals surface area contributed by atoms with Gasteiger partial charge in [-0.05, 0) is 24.8 Å². The first kappa shape index (κ1) is 18.3. The number of hydrogen-bond donors (Lipinski definition) is 1. The Kier molecular flexibility index (Phi) is 4.11. The molecule has 3 fully saturated rings. The van der Waals surface area contributed by atoms with E-state index in [1.165, 1.54) is 6.33 Å². The Morgan fingerprint density at radius 1 is 1.17 bits per heavy atom. The third-order valence-corrected chi connectivity index (χ3v) is 7.17. The summed E-state index contributed by atoms with van der Waals surface area (Å²) in [4.78, 5) is 25.5. The zero-order chi connectivity index (χ0) is 20.4. The van der Waals surface area contributed by atoms with Crippen molar-refractivity contribution in [3.05, 3.63) is 45.9 Å². The van der Waals surface area contributed by atoms with Crippen LogP contribution in [0.3, 0.4) is 0 Å². The summed E-state index contributed by atoms with van der Waals surface area (Å²) < 4.78 is 22.1. The van der Waals surface area contributed by atoms with Crippen molar-refractivity contribution < 1.29 is 9.13 Å². The molecule has 3 saturated heterocycles. The molecule has 30 heavy (non-hydrogen) atoms. The number of halogens is 1. The van der Waals surface area contributed by atoms with Gasteiger partial charge in [0.25, 0.3) is 5.56 Å². The molecule has 0 unspecified atom stereocenters. The minimum Gasteiger partial charge on any atom is -0.381 e. The molecule has 0 spiro atoms. The van der Waals surface area contributed by atoms with Gasteiger partial charge in [0, 0.05) is 55.9 Å². The highest BCUT2D eigenvalue weighted by atomic mass is 19.1. The van der Waals surface area contributed by atoms with Crippen molar-refractivity contribution in [2.75, 3.05) is 36.9 Å². The highest BCUT2D eigenvalue weighted by molar-refractivity contribution is 5.49. The molecular weight excluding hydrogens is 387 g/mol. The SMILES string of the molecule is Nc1ncnc(N2C[C@@H]3C[C@H](C2)c2ccc(CN4C[C@H]5C[C@@H]4CO5)c(=O)n2C3)c1F. The molecule has 4 aliphatic rings. The molecule has 2 N–H and O–H groups in total. The van der Waals surface area contributed by atoms with Crippen LogP contribution < -0.4 is 16.2 Å². The Morgan fingerprint density at radius 2 is 2.07 bits per heavy atom. The van der Waals surface area contributed by atoms with Gasteiger partial charge in [-0.2, -0.15) is 4.39 Å². The number of piperidine rings is 1. The minimum absolute atomic E-state index is 0.122. The standard InChI is InChI=1S/C21H25FN6O2/c22-18-19(23)24-11-25-20(18)27-5-12-3-14(8-27)17-2-1-13(21(29)28(17)6-12)7-26-9-16-4-15(26)10-30-16/h1-2,11-12,14-16H,3-10H2,(H2,23,24,25)/t12-,14+,15+,16+/m0/s1. The molecule has 4 bridgehead atoms. The topological polar surface area (TPSA) is 89.5 Å². The molecule has 0 saturated carbocycles. The summed E-state index contributed by atoms with van der Waals surface area (Å²) in [7, 11) is 0. The number of rotatable bonds is 3. The second-order valence-corrected chi connectivity index (χ2v) is 9.07. The smallest absolute Gasteiger partial charge is 0.255 e. The van der Waals surface area contributed by atoms with E-state index in [1.54, 1.807) is 0 Å². The number of fused-ring (bicyclic) bond motifs is 6. The van der Waals surface area contributed by atoms with E-state index in [0.29, 0.717) is 38.3 Å². The fourth-order valence-electron chi connectivity index (χ4n) is 5.77. The average Bonchev–Trinajstić information content (AvgIpc) is 3.36. The number of anilines is 2. The number of likely N-dealkylation sites (tertiary alicyclic amines) is 1. The van der Waals surface area contributed by atoms with E-state index < -0.39 is 5.82 Å². The predicted molar refractivity (Wildman–Crippen MR) is 109 cm³/mol. The number of nitrogen functional groups attached to an aromatic ring is 1. The van der Waals surface area contributed by atoms with Crippen LogP contribution in [0, 0.1) is 11.7 Å². The number of nitrogens with zero attached hydrogens (tertiary/aromatic N) is 5. The number of morpholine rings is 1. The lowest BCUT2D eigenvalue weighted by molar-refractivity contribution is 0.0271. The lowest BCUT2D eigenvalue weighted by Crippen LogP contribution is -2.48. The monoisotopic (exact) mass is 412 g/mol. The highest BCUT2D eigenvalue weighted by Gasteiger charge is 2.40. The third kappa shape index (κ3) is 2.83.